The van der Waals surface area contributed by atoms with Gasteiger partial charge in [-0.15, -0.1) is 16.9 Å². The fourth-order valence-corrected chi connectivity index (χ4v) is 16.6. The number of carbonyl (C=O) groups is 17. The van der Waals surface area contributed by atoms with Crippen LogP contribution in [0.4, 0.5) is 0 Å². The zero-order valence-electron chi connectivity index (χ0n) is 72.7. The number of hydrogen-bond donors (Lipinski definition) is 19. The Morgan fingerprint density at radius 3 is 1.82 bits per heavy atom. The number of carbonyl (C=O) groups excluding carboxylic acids is 16. The van der Waals surface area contributed by atoms with Crippen molar-refractivity contribution in [2.75, 3.05) is 64.9 Å². The van der Waals surface area contributed by atoms with Crippen LogP contribution >= 0.6 is 11.8 Å². The number of primary amides is 2. The Bertz CT molecular complexity index is 5090. The van der Waals surface area contributed by atoms with Crippen LogP contribution in [0, 0.1) is 0 Å². The van der Waals surface area contributed by atoms with Gasteiger partial charge in [-0.2, -0.15) is 0 Å². The minimum absolute atomic E-state index is 0.00531. The number of benzene rings is 4. The number of aromatic hydroxyl groups is 1. The van der Waals surface area contributed by atoms with Gasteiger partial charge in [-0.1, -0.05) is 112 Å². The zero-order valence-corrected chi connectivity index (χ0v) is 73.5. The highest BCUT2D eigenvalue weighted by atomic mass is 32.2. The van der Waals surface area contributed by atoms with Crippen LogP contribution in [0.5, 0.6) is 5.75 Å². The molecule has 2 fully saturated rings. The van der Waals surface area contributed by atoms with Crippen molar-refractivity contribution in [1.29, 1.82) is 0 Å². The van der Waals surface area contributed by atoms with E-state index >= 15 is 24.0 Å². The summed E-state index contributed by atoms with van der Waals surface area (Å²) in [4.78, 5) is 251. The number of aromatic amines is 1. The van der Waals surface area contributed by atoms with Crippen LogP contribution < -0.4 is 76.1 Å². The molecule has 15 atom stereocenters. The number of carboxylic acids is 1. The molecule has 16 amide bonds. The Labute approximate surface area is 751 Å². The molecule has 2 aromatic heterocycles. The first-order chi connectivity index (χ1) is 62.1. The largest absolute Gasteiger partial charge is 0.508 e. The third-order valence-corrected chi connectivity index (χ3v) is 24.0. The normalized spacial score (nSPS) is 25.0. The second kappa shape index (κ2) is 47.7. The van der Waals surface area contributed by atoms with Gasteiger partial charge in [0.2, 0.25) is 94.5 Å². The van der Waals surface area contributed by atoms with Crippen molar-refractivity contribution < 1.29 is 102 Å². The highest BCUT2D eigenvalue weighted by Crippen LogP contribution is 2.31. The van der Waals surface area contributed by atoms with Crippen molar-refractivity contribution >= 4 is 134 Å². The highest BCUT2D eigenvalue weighted by Gasteiger charge is 2.46. The van der Waals surface area contributed by atoms with E-state index in [0.717, 1.165) is 42.1 Å². The van der Waals surface area contributed by atoms with E-state index in [0.29, 0.717) is 53.3 Å². The Hall–Kier alpha value is -13.3. The van der Waals surface area contributed by atoms with Crippen LogP contribution in [0.1, 0.15) is 132 Å². The number of carboxylic acid groups (broad SMARTS) is 1. The van der Waals surface area contributed by atoms with E-state index in [1.165, 1.54) is 50.0 Å². The molecule has 3 aliphatic rings. The second-order valence-electron chi connectivity index (χ2n) is 32.3. The summed E-state index contributed by atoms with van der Waals surface area (Å²) >= 11 is 0.751. The SMILES string of the molecule is CCCC[C@H]1C(=O)N[C@@H](CN)C(=O)N[C@H](C(=O)NCC(N)=O)CSCC(=O)N[C@@H](Cc2ccc(O)cc2)C(=O)N(C)[C@@H](C)C(=O)N[C@@H](CC(N)=O)C(=O)N2CCC[C@H]2C(=O)N[C@@H](CN)C(=O)N[C@@H](CCC(=O)O)C(=O)N2C[C@H](O)C[C@H]2C(=O)N[C@@H](Cc2c[nH]c3ccccc23)C(=O)N[C@@H](CO)C(=O)N[C@@H](Cc2cccc3ccccc23)c2nnnn2[C@@H](CCCC)C(=O)N1C. The Morgan fingerprint density at radius 1 is 0.569 bits per heavy atom. The Morgan fingerprint density at radius 2 is 1.15 bits per heavy atom. The molecule has 702 valence electrons. The first-order valence-electron chi connectivity index (χ1n) is 42.9. The number of hydrogen-bond acceptors (Lipinski definition) is 26. The number of thioether (sulfide) groups is 1. The quantitative estimate of drug-likeness (QED) is 0.0287. The van der Waals surface area contributed by atoms with Crippen molar-refractivity contribution in [3.05, 3.63) is 120 Å². The number of nitrogens with zero attached hydrogens (tertiary/aromatic N) is 8. The first kappa shape index (κ1) is 100. The molecule has 4 aromatic carbocycles. The van der Waals surface area contributed by atoms with Gasteiger partial charge in [0.25, 0.3) is 0 Å². The molecule has 0 unspecified atom stereocenters. The topological polar surface area (TPSA) is 668 Å². The summed E-state index contributed by atoms with van der Waals surface area (Å²) in [5.74, 6) is -18.8. The van der Waals surface area contributed by atoms with Crippen molar-refractivity contribution in [1.82, 2.24) is 98.0 Å². The van der Waals surface area contributed by atoms with Crippen LogP contribution in [0.15, 0.2) is 97.2 Å². The lowest BCUT2D eigenvalue weighted by Crippen LogP contribution is -2.61. The molecule has 23 N–H and O–H groups in total. The second-order valence-corrected chi connectivity index (χ2v) is 33.3. The molecule has 0 aliphatic carbocycles. The third kappa shape index (κ3) is 26.7. The summed E-state index contributed by atoms with van der Waals surface area (Å²) in [7, 11) is 2.55. The molecular weight excluding hydrogens is 1710 g/mol. The number of para-hydroxylation sites is 1. The lowest BCUT2D eigenvalue weighted by atomic mass is 9.97. The van der Waals surface area contributed by atoms with Gasteiger partial charge in [0.05, 0.1) is 37.5 Å². The molecule has 0 spiro atoms. The number of likely N-dealkylation sites (N-methyl/N-ethyl adjacent to an activating group) is 2. The smallest absolute Gasteiger partial charge is 0.303 e. The minimum Gasteiger partial charge on any atom is -0.508 e. The lowest BCUT2D eigenvalue weighted by Gasteiger charge is -2.32. The van der Waals surface area contributed by atoms with Crippen molar-refractivity contribution in [2.45, 2.75) is 208 Å². The number of unbranched alkanes of at least 4 members (excludes halogenated alkanes) is 2. The predicted molar refractivity (Wildman–Crippen MR) is 469 cm³/mol. The monoisotopic (exact) mass is 1830 g/mol. The number of nitrogens with one attached hydrogen (secondary N) is 11. The number of phenols is 1. The van der Waals surface area contributed by atoms with E-state index in [9.17, 15) is 78.0 Å². The van der Waals surface area contributed by atoms with E-state index in [4.69, 9.17) is 22.9 Å². The summed E-state index contributed by atoms with van der Waals surface area (Å²) in [6, 6.07) is 2.68. The number of phenolic OH excluding ortho intramolecular Hbond substituents is 1. The number of nitrogens with two attached hydrogens (primary N) is 4. The van der Waals surface area contributed by atoms with Gasteiger partial charge < -0.3 is 121 Å². The van der Waals surface area contributed by atoms with Crippen LogP contribution in [-0.4, -0.2) is 309 Å². The maximum atomic E-state index is 15.6. The Kier molecular flexibility index (Phi) is 36.9. The van der Waals surface area contributed by atoms with E-state index in [-0.39, 0.29) is 63.1 Å². The number of H-pyrrole nitrogens is 1. The number of rotatable bonds is 23. The van der Waals surface area contributed by atoms with E-state index < -0.39 is 261 Å². The molecule has 9 rings (SSSR count). The Balaban J connectivity index is 1.09. The standard InChI is InChI=1S/C85H115N23O21S/c1-6-8-22-64-79(123)97-61(38-87)77(121)100-63(74(118)91-40-69(89)113)43-130-44-70(114)92-58(32-46-25-27-50(110)28-26-46)82(126)104(4)45(3)73(117)96-59(36-68(88)112)84(128)106-31-15-24-65(106)80(124)98-60(37-86)76(120)93-55(29-30-71(115)116)83(127)107-41-51(111)35-67(107)81(125)95-57(34-49-39-90-54-21-13-12-20-53(49)54)75(119)99-62(42-109)78(122)94-56(33-48-18-14-17-47-16-10-11-19-52(47)48)72-101-102-103-108(72)66(23-9-7-2)85(129)105(64)5/h10-14,16-21,25-28,39,45,51,55-67,90,109-111H,6-9,15,22-24,29-38,40-44,86-87H2,1-5H3,(H2,88,112)(H2,89,113)(H,91,118)(H,92,114)(H,93,120)(H,94,122)(H,95,125)(H,96,117)(H,97,123)(H,98,124)(H,99,119)(H,100,121)(H,115,116)/t45-,51+,55-,56-,57-,58-,59-,60-,61-,62-,63-,64-,65-,66-,67-/m0/s1. The summed E-state index contributed by atoms with van der Waals surface area (Å²) in [6.45, 7) is 1.06. The lowest BCUT2D eigenvalue weighted by molar-refractivity contribution is -0.145. The number of aliphatic hydroxyl groups excluding tert-OH is 2. The fourth-order valence-electron chi connectivity index (χ4n) is 15.8. The number of tetrazole rings is 1. The molecule has 45 heteroatoms. The maximum absolute atomic E-state index is 15.6. The average molecular weight is 1830 g/mol. The number of amides is 16. The molecule has 130 heavy (non-hydrogen) atoms. The highest BCUT2D eigenvalue weighted by molar-refractivity contribution is 8.00. The summed E-state index contributed by atoms with van der Waals surface area (Å²) < 4.78 is 1.20. The van der Waals surface area contributed by atoms with Gasteiger partial charge in [-0.3, -0.25) is 81.5 Å². The summed E-state index contributed by atoms with van der Waals surface area (Å²) in [6.07, 6.45) is -1.65. The van der Waals surface area contributed by atoms with E-state index in [1.54, 1.807) is 48.7 Å². The summed E-state index contributed by atoms with van der Waals surface area (Å²) in [5, 5.41) is 83.2. The predicted octanol–water partition coefficient (Wildman–Crippen LogP) is -4.68. The van der Waals surface area contributed by atoms with Crippen molar-refractivity contribution in [2.24, 2.45) is 22.9 Å². The number of aliphatic hydroxyl groups is 2. The zero-order chi connectivity index (χ0) is 94.7. The van der Waals surface area contributed by atoms with Crippen LogP contribution in [0.25, 0.3) is 21.7 Å². The van der Waals surface area contributed by atoms with Crippen molar-refractivity contribution in [3.8, 4) is 5.75 Å². The molecule has 3 aliphatic heterocycles. The van der Waals surface area contributed by atoms with Gasteiger partial charge in [-0.25, -0.2) is 4.68 Å². The molecule has 0 bridgehead atoms. The van der Waals surface area contributed by atoms with Gasteiger partial charge in [0.1, 0.15) is 84.3 Å². The third-order valence-electron chi connectivity index (χ3n) is 23.0. The molecule has 44 nitrogen and oxygen atoms in total. The minimum atomic E-state index is -1.87. The number of aromatic nitrogens is 5. The van der Waals surface area contributed by atoms with Crippen LogP contribution in [-0.2, 0) is 101 Å². The van der Waals surface area contributed by atoms with Gasteiger partial charge >= 0.3 is 5.97 Å². The van der Waals surface area contributed by atoms with Gasteiger partial charge in [0.15, 0.2) is 5.82 Å². The van der Waals surface area contributed by atoms with Crippen LogP contribution in [0.3, 0.4) is 0 Å². The van der Waals surface area contributed by atoms with E-state index in [2.05, 4.69) is 73.7 Å². The molecule has 2 saturated heterocycles. The average Bonchev–Trinajstić information content (AvgIpc) is 1.43. The molecule has 6 aromatic rings. The number of aliphatic carboxylic acids is 1. The first-order valence-corrected chi connectivity index (χ1v) is 44.0. The number of fused-ring (bicyclic) bond motifs is 5. The van der Waals surface area contributed by atoms with Crippen molar-refractivity contribution in [3.63, 3.8) is 0 Å². The van der Waals surface area contributed by atoms with Gasteiger partial charge in [-0.05, 0) is 95.1 Å². The molecular formula is C85H115N23O21S. The van der Waals surface area contributed by atoms with E-state index in [1.807, 2.05) is 38.1 Å². The summed E-state index contributed by atoms with van der Waals surface area (Å²) in [5.41, 5.74) is 25.4. The maximum Gasteiger partial charge on any atom is 0.303 e. The fraction of sp³-hybridized carbons (Fsp3) is 0.506. The molecule has 0 saturated carbocycles. The van der Waals surface area contributed by atoms with Gasteiger partial charge in [0, 0.05) is 95.2 Å². The molecule has 0 radical (unpaired) electrons. The molecule has 5 heterocycles. The van der Waals surface area contributed by atoms with Crippen LogP contribution in [0.2, 0.25) is 0 Å².